The van der Waals surface area contributed by atoms with Gasteiger partial charge in [-0.15, -0.1) is 0 Å². The van der Waals surface area contributed by atoms with Gasteiger partial charge in [-0.05, 0) is 41.9 Å². The Labute approximate surface area is 147 Å². The number of nitro groups is 1. The fraction of sp³-hybridized carbons (Fsp3) is 0.188. The lowest BCUT2D eigenvalue weighted by molar-refractivity contribution is -0.536. The number of carbonyl (C=O) groups is 1. The van der Waals surface area contributed by atoms with Gasteiger partial charge in [-0.1, -0.05) is 23.7 Å². The monoisotopic (exact) mass is 367 g/mol. The van der Waals surface area contributed by atoms with Crippen molar-refractivity contribution in [2.45, 2.75) is 11.1 Å². The molecule has 3 rings (SSSR count). The molecule has 8 heteroatoms. The van der Waals surface area contributed by atoms with E-state index in [2.05, 4.69) is 0 Å². The number of Topliss-reactive ketones (excluding diaryl/α,β-unsaturated/α-hetero) is 1. The third-order valence-corrected chi connectivity index (χ3v) is 4.54. The van der Waals surface area contributed by atoms with Gasteiger partial charge in [0.2, 0.25) is 6.10 Å². The molecule has 2 atom stereocenters. The number of fused-ring (bicyclic) bond motifs is 1. The standard InChI is InChI=1S/C16H11Cl2NO5/c1-23-11-6-7-13-12(8-11)14(20)16(18,19(21)22)15(24-13)9-2-4-10(17)5-3-9/h2-8,15H,1H3. The molecule has 0 aromatic heterocycles. The molecule has 0 spiro atoms. The fourth-order valence-corrected chi connectivity index (χ4v) is 2.93. The predicted molar refractivity (Wildman–Crippen MR) is 87.7 cm³/mol. The predicted octanol–water partition coefficient (Wildman–Crippen LogP) is 3.88. The number of alkyl halides is 1. The lowest BCUT2D eigenvalue weighted by Gasteiger charge is -2.32. The number of hydrogen-bond acceptors (Lipinski definition) is 5. The molecule has 0 fully saturated rings. The van der Waals surface area contributed by atoms with Gasteiger partial charge in [0, 0.05) is 10.6 Å². The first-order valence-electron chi connectivity index (χ1n) is 6.86. The number of nitrogens with zero attached hydrogens (tertiary/aromatic N) is 1. The molecule has 1 heterocycles. The van der Waals surface area contributed by atoms with Crippen LogP contribution >= 0.6 is 23.2 Å². The summed E-state index contributed by atoms with van der Waals surface area (Å²) in [4.78, 5) is 21.1. The minimum absolute atomic E-state index is 0.00580. The summed E-state index contributed by atoms with van der Waals surface area (Å²) in [5.74, 6) is -0.272. The van der Waals surface area contributed by atoms with Crippen LogP contribution < -0.4 is 9.47 Å². The second-order valence-corrected chi connectivity index (χ2v) is 6.18. The number of halogens is 2. The first-order chi connectivity index (χ1) is 11.4. The molecular weight excluding hydrogens is 357 g/mol. The Bertz CT molecular complexity index is 824. The Kier molecular flexibility index (Phi) is 4.11. The van der Waals surface area contributed by atoms with E-state index >= 15 is 0 Å². The van der Waals surface area contributed by atoms with Crippen LogP contribution in [0.3, 0.4) is 0 Å². The van der Waals surface area contributed by atoms with Crippen molar-refractivity contribution in [3.8, 4) is 11.5 Å². The van der Waals surface area contributed by atoms with Gasteiger partial charge in [-0.3, -0.25) is 14.9 Å². The van der Waals surface area contributed by atoms with Crippen molar-refractivity contribution < 1.29 is 19.2 Å². The van der Waals surface area contributed by atoms with Crippen LogP contribution in [0, 0.1) is 10.1 Å². The Morgan fingerprint density at radius 3 is 2.50 bits per heavy atom. The minimum Gasteiger partial charge on any atom is -0.497 e. The topological polar surface area (TPSA) is 78.7 Å². The minimum atomic E-state index is -2.48. The van der Waals surface area contributed by atoms with Crippen LogP contribution in [-0.4, -0.2) is 22.8 Å². The summed E-state index contributed by atoms with van der Waals surface area (Å²) >= 11 is 12.0. The Morgan fingerprint density at radius 2 is 1.92 bits per heavy atom. The maximum atomic E-state index is 12.8. The van der Waals surface area contributed by atoms with Crippen LogP contribution in [-0.2, 0) is 0 Å². The Balaban J connectivity index is 2.16. The normalized spacial score (nSPS) is 22.5. The molecule has 0 N–H and O–H groups in total. The number of rotatable bonds is 3. The highest BCUT2D eigenvalue weighted by Crippen LogP contribution is 2.46. The molecule has 24 heavy (non-hydrogen) atoms. The van der Waals surface area contributed by atoms with Gasteiger partial charge < -0.3 is 9.47 Å². The van der Waals surface area contributed by atoms with Crippen molar-refractivity contribution in [3.05, 3.63) is 68.7 Å². The van der Waals surface area contributed by atoms with Crippen molar-refractivity contribution in [3.63, 3.8) is 0 Å². The van der Waals surface area contributed by atoms with Gasteiger partial charge >= 0.3 is 5.00 Å². The zero-order valence-electron chi connectivity index (χ0n) is 12.4. The van der Waals surface area contributed by atoms with Crippen LogP contribution in [0.4, 0.5) is 0 Å². The molecule has 124 valence electrons. The molecule has 0 aliphatic carbocycles. The molecule has 2 unspecified atom stereocenters. The average molecular weight is 368 g/mol. The molecule has 1 aliphatic rings. The average Bonchev–Trinajstić information content (AvgIpc) is 2.58. The zero-order chi connectivity index (χ0) is 17.5. The van der Waals surface area contributed by atoms with Crippen LogP contribution in [0.15, 0.2) is 42.5 Å². The first kappa shape index (κ1) is 16.5. The van der Waals surface area contributed by atoms with Crippen molar-refractivity contribution in [2.75, 3.05) is 7.11 Å². The molecule has 0 saturated heterocycles. The van der Waals surface area contributed by atoms with Crippen molar-refractivity contribution in [1.82, 2.24) is 0 Å². The van der Waals surface area contributed by atoms with Crippen LogP contribution in [0.2, 0.25) is 5.02 Å². The highest BCUT2D eigenvalue weighted by Gasteiger charge is 2.62. The van der Waals surface area contributed by atoms with E-state index in [1.807, 2.05) is 0 Å². The van der Waals surface area contributed by atoms with Gasteiger partial charge in [0.25, 0.3) is 5.78 Å². The summed E-state index contributed by atoms with van der Waals surface area (Å²) in [6, 6.07) is 10.7. The van der Waals surface area contributed by atoms with Gasteiger partial charge in [-0.25, -0.2) is 0 Å². The Morgan fingerprint density at radius 1 is 1.25 bits per heavy atom. The van der Waals surface area contributed by atoms with E-state index in [1.54, 1.807) is 18.2 Å². The van der Waals surface area contributed by atoms with E-state index < -0.39 is 21.8 Å². The van der Waals surface area contributed by atoms with Crippen LogP contribution in [0.1, 0.15) is 22.0 Å². The summed E-state index contributed by atoms with van der Waals surface area (Å²) in [5, 5.41) is 12.1. The van der Waals surface area contributed by atoms with Crippen molar-refractivity contribution >= 4 is 29.0 Å². The second kappa shape index (κ2) is 5.96. The summed E-state index contributed by atoms with van der Waals surface area (Å²) in [5.41, 5.74) is 0.382. The SMILES string of the molecule is COc1ccc2c(c1)C(=O)C(Cl)([N+](=O)[O-])C(c1ccc(Cl)cc1)O2. The highest BCUT2D eigenvalue weighted by atomic mass is 35.5. The van der Waals surface area contributed by atoms with E-state index in [0.29, 0.717) is 16.3 Å². The first-order valence-corrected chi connectivity index (χ1v) is 7.62. The van der Waals surface area contributed by atoms with Gasteiger partial charge in [0.05, 0.1) is 17.6 Å². The van der Waals surface area contributed by atoms with E-state index in [0.717, 1.165) is 0 Å². The maximum Gasteiger partial charge on any atom is 0.397 e. The number of ketones is 1. The summed E-state index contributed by atoms with van der Waals surface area (Å²) in [6.45, 7) is 0. The van der Waals surface area contributed by atoms with E-state index in [9.17, 15) is 14.9 Å². The molecular formula is C16H11Cl2NO5. The molecule has 0 amide bonds. The number of hydrogen-bond donors (Lipinski definition) is 0. The smallest absolute Gasteiger partial charge is 0.397 e. The lowest BCUT2D eigenvalue weighted by Crippen LogP contribution is -2.51. The third kappa shape index (κ3) is 2.48. The highest BCUT2D eigenvalue weighted by molar-refractivity contribution is 6.37. The van der Waals surface area contributed by atoms with Gasteiger partial charge in [0.1, 0.15) is 11.5 Å². The molecule has 0 saturated carbocycles. The van der Waals surface area contributed by atoms with Crippen molar-refractivity contribution in [1.29, 1.82) is 0 Å². The quantitative estimate of drug-likeness (QED) is 0.356. The molecule has 0 radical (unpaired) electrons. The molecule has 0 bridgehead atoms. The van der Waals surface area contributed by atoms with E-state index in [1.165, 1.54) is 31.4 Å². The number of methoxy groups -OCH3 is 1. The third-order valence-electron chi connectivity index (χ3n) is 3.78. The van der Waals surface area contributed by atoms with E-state index in [4.69, 9.17) is 32.7 Å². The number of carbonyl (C=O) groups excluding carboxylic acids is 1. The van der Waals surface area contributed by atoms with Gasteiger partial charge in [0.15, 0.2) is 0 Å². The zero-order valence-corrected chi connectivity index (χ0v) is 13.9. The van der Waals surface area contributed by atoms with E-state index in [-0.39, 0.29) is 11.3 Å². The molecule has 2 aromatic carbocycles. The summed E-state index contributed by atoms with van der Waals surface area (Å²) in [6.07, 6.45) is -1.29. The molecule has 1 aliphatic heterocycles. The Hall–Kier alpha value is -2.31. The van der Waals surface area contributed by atoms with Crippen molar-refractivity contribution in [2.24, 2.45) is 0 Å². The molecule has 2 aromatic rings. The van der Waals surface area contributed by atoms with Crippen LogP contribution in [0.5, 0.6) is 11.5 Å². The number of benzene rings is 2. The summed E-state index contributed by atoms with van der Waals surface area (Å²) in [7, 11) is 1.42. The lowest BCUT2D eigenvalue weighted by atomic mass is 9.91. The number of ether oxygens (including phenoxy) is 2. The van der Waals surface area contributed by atoms with Gasteiger partial charge in [-0.2, -0.15) is 0 Å². The van der Waals surface area contributed by atoms with Crippen LogP contribution in [0.25, 0.3) is 0 Å². The molecule has 6 nitrogen and oxygen atoms in total. The second-order valence-electron chi connectivity index (χ2n) is 5.17. The summed E-state index contributed by atoms with van der Waals surface area (Å²) < 4.78 is 10.8. The maximum absolute atomic E-state index is 12.8. The largest absolute Gasteiger partial charge is 0.497 e. The fourth-order valence-electron chi connectivity index (χ4n) is 2.53.